The second-order valence-corrected chi connectivity index (χ2v) is 23.3. The predicted molar refractivity (Wildman–Crippen MR) is 248 cm³/mol. The highest BCUT2D eigenvalue weighted by molar-refractivity contribution is 7.94. The van der Waals surface area contributed by atoms with E-state index in [4.69, 9.17) is 5.26 Å². The van der Waals surface area contributed by atoms with Crippen LogP contribution in [0, 0.1) is 0 Å². The van der Waals surface area contributed by atoms with E-state index in [0.29, 0.717) is 29.0 Å². The molecule has 0 radical (unpaired) electrons. The van der Waals surface area contributed by atoms with Gasteiger partial charge in [-0.3, -0.25) is 23.2 Å². The smallest absolute Gasteiger partial charge is 0.336 e. The molecule has 0 aromatic heterocycles. The quantitative estimate of drug-likeness (QED) is 0.0135. The number of anilines is 1. The molecule has 23 nitrogen and oxygen atoms in total. The zero-order valence-corrected chi connectivity index (χ0v) is 40.9. The molecular formula is C40H52N4O19S5. The Morgan fingerprint density at radius 3 is 2.07 bits per heavy atom. The number of hydrogen-bond donors (Lipinski definition) is 7. The van der Waals surface area contributed by atoms with Crippen molar-refractivity contribution in [2.75, 3.05) is 59.8 Å². The predicted octanol–water partition coefficient (Wildman–Crippen LogP) is 2.83. The van der Waals surface area contributed by atoms with Crippen LogP contribution < -0.4 is 15.5 Å². The molecule has 1 unspecified atom stereocenters. The lowest BCUT2D eigenvalue weighted by Gasteiger charge is -2.31. The lowest BCUT2D eigenvalue weighted by molar-refractivity contribution is -0.437. The summed E-state index contributed by atoms with van der Waals surface area (Å²) in [6.45, 7) is 4.37. The number of aromatic carboxylic acids is 1. The number of benzene rings is 2. The average Bonchev–Trinajstić information content (AvgIpc) is 3.57. The zero-order valence-electron chi connectivity index (χ0n) is 36.9. The summed E-state index contributed by atoms with van der Waals surface area (Å²) in [7, 11) is -18.2. The van der Waals surface area contributed by atoms with E-state index in [1.165, 1.54) is 29.2 Å². The van der Waals surface area contributed by atoms with Crippen LogP contribution in [0.1, 0.15) is 88.7 Å². The SMILES string of the molecule is CC1(C)C(/C=C/C=C/C=C2/N(CCCS(=O)(=O)[O-])c3cc(C(=O)NCCSOOO)cc(C(=O)NCCS(=O)(=O)O)c3C2(C)CCCS(=O)(=O)O)=[N+](CCCS(=O)(=O)O)c2cccc(C(=O)O)c21. The van der Waals surface area contributed by atoms with Gasteiger partial charge in [-0.1, -0.05) is 29.3 Å². The first-order valence-corrected chi connectivity index (χ1v) is 27.8. The number of rotatable bonds is 26. The molecular weight excluding hydrogens is 1000 g/mol. The standard InChI is InChI=1S/C40H52N4O19S5/c1-39(2)32(43(18-9-22-66(53,54)55)30-12-7-11-28(34(30)39)38(47)48)13-5-4-6-14-33-40(3,15-8-21-65(50,51)52)35-29(37(46)42-17-24-68(59,60)61)25-27(36(45)41-16-20-64-63-62-49)26-31(35)44(33)19-10-23-67(56,57)58/h4-7,11-14,25-26H,8-10,15-24H2,1-3H3,(H7-,41,42,45,46,47,48,49,50,51,52,53,54,55,56,57,58,59,60,61). The largest absolute Gasteiger partial charge is 0.748 e. The number of carbonyl (C=O) groups excluding carboxylic acids is 2. The summed E-state index contributed by atoms with van der Waals surface area (Å²) < 4.78 is 140. The Morgan fingerprint density at radius 2 is 1.46 bits per heavy atom. The van der Waals surface area contributed by atoms with Gasteiger partial charge in [0, 0.05) is 95.2 Å². The molecule has 2 aliphatic heterocycles. The Hall–Kier alpha value is -4.59. The van der Waals surface area contributed by atoms with E-state index in [-0.39, 0.29) is 84.7 Å². The van der Waals surface area contributed by atoms with Gasteiger partial charge in [-0.15, -0.1) is 4.33 Å². The van der Waals surface area contributed by atoms with Crippen molar-refractivity contribution in [3.8, 4) is 0 Å². The fraction of sp³-hybridized carbons (Fsp3) is 0.450. The fourth-order valence-electron chi connectivity index (χ4n) is 8.31. The first kappa shape index (κ1) is 56.0. The molecule has 0 aliphatic carbocycles. The maximum absolute atomic E-state index is 14.1. The number of hydrogen-bond acceptors (Lipinski definition) is 17. The molecule has 0 bridgehead atoms. The van der Waals surface area contributed by atoms with E-state index in [1.54, 1.807) is 61.8 Å². The van der Waals surface area contributed by atoms with Gasteiger partial charge in [0.15, 0.2) is 5.71 Å². The molecule has 0 saturated carbocycles. The summed E-state index contributed by atoms with van der Waals surface area (Å²) in [6.07, 6.45) is 7.24. The van der Waals surface area contributed by atoms with Crippen LogP contribution in [-0.2, 0) is 60.7 Å². The van der Waals surface area contributed by atoms with Crippen molar-refractivity contribution in [3.63, 3.8) is 0 Å². The van der Waals surface area contributed by atoms with Crippen LogP contribution >= 0.6 is 12.0 Å². The fourth-order valence-corrected chi connectivity index (χ4v) is 10.5. The van der Waals surface area contributed by atoms with Crippen LogP contribution in [0.15, 0.2) is 66.4 Å². The maximum atomic E-state index is 14.1. The van der Waals surface area contributed by atoms with E-state index >= 15 is 0 Å². The highest BCUT2D eigenvalue weighted by Gasteiger charge is 2.48. The van der Waals surface area contributed by atoms with Crippen molar-refractivity contribution in [2.45, 2.75) is 57.3 Å². The van der Waals surface area contributed by atoms with Gasteiger partial charge in [0.05, 0.1) is 43.9 Å². The van der Waals surface area contributed by atoms with Crippen LogP contribution in [0.2, 0.25) is 0 Å². The van der Waals surface area contributed by atoms with Crippen LogP contribution in [0.25, 0.3) is 0 Å². The van der Waals surface area contributed by atoms with E-state index < -0.39 is 98.6 Å². The van der Waals surface area contributed by atoms with Gasteiger partial charge in [-0.05, 0) is 64.3 Å². The Bertz CT molecular complexity index is 2840. The summed E-state index contributed by atoms with van der Waals surface area (Å²) in [4.78, 5) is 41.5. The molecule has 2 aromatic carbocycles. The lowest BCUT2D eigenvalue weighted by Crippen LogP contribution is -2.33. The summed E-state index contributed by atoms with van der Waals surface area (Å²) in [5, 5.41) is 27.0. The molecule has 7 N–H and O–H groups in total. The molecule has 2 aliphatic rings. The normalized spacial score (nSPS) is 17.9. The first-order valence-electron chi connectivity index (χ1n) is 20.5. The number of carbonyl (C=O) groups is 3. The molecule has 68 heavy (non-hydrogen) atoms. The summed E-state index contributed by atoms with van der Waals surface area (Å²) in [5.41, 5.74) is -0.611. The molecule has 1 atom stereocenters. The van der Waals surface area contributed by atoms with Crippen molar-refractivity contribution < 1.29 is 90.6 Å². The molecule has 2 aromatic rings. The van der Waals surface area contributed by atoms with Crippen molar-refractivity contribution >= 4 is 87.4 Å². The number of nitrogens with one attached hydrogen (secondary N) is 2. The van der Waals surface area contributed by atoms with Crippen LogP contribution in [0.5, 0.6) is 0 Å². The maximum Gasteiger partial charge on any atom is 0.336 e. The number of allylic oxidation sites excluding steroid dienone is 6. The molecule has 0 spiro atoms. The average molecular weight is 1050 g/mol. The molecule has 376 valence electrons. The molecule has 0 fully saturated rings. The first-order chi connectivity index (χ1) is 31.5. The summed E-state index contributed by atoms with van der Waals surface area (Å²) >= 11 is 0.635. The van der Waals surface area contributed by atoms with Gasteiger partial charge in [-0.2, -0.15) is 29.8 Å². The highest BCUT2D eigenvalue weighted by atomic mass is 32.2. The Labute approximate surface area is 398 Å². The van der Waals surface area contributed by atoms with E-state index in [9.17, 15) is 71.4 Å². The second-order valence-electron chi connectivity index (χ2n) is 16.3. The van der Waals surface area contributed by atoms with Crippen molar-refractivity contribution in [1.82, 2.24) is 10.6 Å². The van der Waals surface area contributed by atoms with Gasteiger partial charge >= 0.3 is 5.97 Å². The van der Waals surface area contributed by atoms with Gasteiger partial charge < -0.3 is 25.2 Å². The van der Waals surface area contributed by atoms with Crippen LogP contribution in [0.3, 0.4) is 0 Å². The Kier molecular flexibility index (Phi) is 18.8. The van der Waals surface area contributed by atoms with Crippen molar-refractivity contribution in [2.24, 2.45) is 0 Å². The second kappa shape index (κ2) is 22.9. The van der Waals surface area contributed by atoms with E-state index in [0.717, 1.165) is 0 Å². The Balaban J connectivity index is 1.93. The number of nitrogens with zero attached hydrogens (tertiary/aromatic N) is 2. The summed E-state index contributed by atoms with van der Waals surface area (Å²) in [5.74, 6) is -5.85. The topological polar surface area (TPSA) is 361 Å². The minimum absolute atomic E-state index is 0.0174. The van der Waals surface area contributed by atoms with Gasteiger partial charge in [-0.25, -0.2) is 18.5 Å². The van der Waals surface area contributed by atoms with Crippen LogP contribution in [0.4, 0.5) is 11.4 Å². The number of amides is 2. The number of carboxylic acid groups (broad SMARTS) is 1. The van der Waals surface area contributed by atoms with E-state index in [2.05, 4.69) is 20.0 Å². The third-order valence-corrected chi connectivity index (χ3v) is 14.7. The molecule has 28 heteroatoms. The van der Waals surface area contributed by atoms with Crippen LogP contribution in [-0.4, -0.2) is 145 Å². The third kappa shape index (κ3) is 15.2. The minimum atomic E-state index is -4.77. The van der Waals surface area contributed by atoms with Crippen molar-refractivity contribution in [1.29, 1.82) is 0 Å². The van der Waals surface area contributed by atoms with Gasteiger partial charge in [0.25, 0.3) is 42.2 Å². The Morgan fingerprint density at radius 1 is 0.809 bits per heavy atom. The highest BCUT2D eigenvalue weighted by Crippen LogP contribution is 2.53. The number of fused-ring (bicyclic) bond motifs is 2. The number of carboxylic acids is 1. The monoisotopic (exact) mass is 1050 g/mol. The third-order valence-electron chi connectivity index (χ3n) is 11.0. The molecule has 2 amide bonds. The summed E-state index contributed by atoms with van der Waals surface area (Å²) in [6, 6.07) is 7.24. The molecule has 2 heterocycles. The van der Waals surface area contributed by atoms with Gasteiger partial charge in [0.2, 0.25) is 5.69 Å². The molecule has 4 rings (SSSR count). The van der Waals surface area contributed by atoms with Gasteiger partial charge in [0.1, 0.15) is 6.54 Å². The lowest BCUT2D eigenvalue weighted by atomic mass is 9.75. The van der Waals surface area contributed by atoms with Crippen molar-refractivity contribution in [3.05, 3.63) is 94.2 Å². The molecule has 0 saturated heterocycles. The zero-order chi connectivity index (χ0) is 50.9. The minimum Gasteiger partial charge on any atom is -0.748 e. The van der Waals surface area contributed by atoms with E-state index in [1.807, 2.05) is 0 Å².